The number of rotatable bonds is 7. The summed E-state index contributed by atoms with van der Waals surface area (Å²) in [7, 11) is -3.51. The lowest BCUT2D eigenvalue weighted by molar-refractivity contribution is 0.580. The summed E-state index contributed by atoms with van der Waals surface area (Å²) in [6.07, 6.45) is 2.75. The van der Waals surface area contributed by atoms with Crippen LogP contribution in [0.5, 0.6) is 0 Å². The fourth-order valence-corrected chi connectivity index (χ4v) is 3.45. The van der Waals surface area contributed by atoms with E-state index in [9.17, 15) is 8.42 Å². The molecule has 1 aromatic heterocycles. The van der Waals surface area contributed by atoms with Crippen molar-refractivity contribution in [1.29, 1.82) is 0 Å². The van der Waals surface area contributed by atoms with E-state index in [0.29, 0.717) is 10.8 Å². The van der Waals surface area contributed by atoms with Crippen molar-refractivity contribution >= 4 is 10.0 Å². The zero-order chi connectivity index (χ0) is 17.0. The van der Waals surface area contributed by atoms with E-state index in [-0.39, 0.29) is 6.54 Å². The van der Waals surface area contributed by atoms with Crippen molar-refractivity contribution in [3.05, 3.63) is 47.3 Å². The van der Waals surface area contributed by atoms with Gasteiger partial charge in [-0.3, -0.25) is 4.68 Å². The predicted molar refractivity (Wildman–Crippen MR) is 91.8 cm³/mol. The molecule has 0 saturated carbocycles. The van der Waals surface area contributed by atoms with Gasteiger partial charge in [0.05, 0.1) is 11.1 Å². The Morgan fingerprint density at radius 1 is 1.22 bits per heavy atom. The molecule has 0 aliphatic carbocycles. The van der Waals surface area contributed by atoms with Crippen LogP contribution in [0.2, 0.25) is 0 Å². The molecule has 0 aliphatic rings. The molecule has 1 heterocycles. The zero-order valence-electron chi connectivity index (χ0n) is 14.2. The molecule has 1 N–H and O–H groups in total. The molecule has 0 aliphatic heterocycles. The van der Waals surface area contributed by atoms with Gasteiger partial charge in [-0.2, -0.15) is 5.10 Å². The molecule has 126 valence electrons. The maximum atomic E-state index is 12.4. The lowest BCUT2D eigenvalue weighted by Gasteiger charge is -2.11. The van der Waals surface area contributed by atoms with E-state index < -0.39 is 10.0 Å². The van der Waals surface area contributed by atoms with Gasteiger partial charge < -0.3 is 0 Å². The number of benzene rings is 1. The fraction of sp³-hybridized carbons (Fsp3) is 0.471. The van der Waals surface area contributed by atoms with Gasteiger partial charge >= 0.3 is 0 Å². The van der Waals surface area contributed by atoms with Crippen molar-refractivity contribution in [3.63, 3.8) is 0 Å². The van der Waals surface area contributed by atoms with Crippen molar-refractivity contribution in [2.45, 2.75) is 58.0 Å². The first-order chi connectivity index (χ1) is 10.9. The predicted octanol–water partition coefficient (Wildman–Crippen LogP) is 3.20. The molecule has 2 rings (SSSR count). The normalized spacial score (nSPS) is 13.2. The number of hydrogen-bond acceptors (Lipinski definition) is 3. The third-order valence-electron chi connectivity index (χ3n) is 4.33. The first kappa shape index (κ1) is 17.7. The SMILES string of the molecule is CCC(C)c1ccc(S(=O)(=O)NCc2cnn(CC)c2C)cc1. The van der Waals surface area contributed by atoms with Gasteiger partial charge in [0.1, 0.15) is 0 Å². The fourth-order valence-electron chi connectivity index (χ4n) is 2.44. The molecule has 23 heavy (non-hydrogen) atoms. The molecule has 1 atom stereocenters. The summed E-state index contributed by atoms with van der Waals surface area (Å²) in [5.74, 6) is 0.433. The monoisotopic (exact) mass is 335 g/mol. The second-order valence-corrected chi connectivity index (χ2v) is 7.54. The third kappa shape index (κ3) is 4.00. The van der Waals surface area contributed by atoms with Gasteiger partial charge in [-0.05, 0) is 43.9 Å². The van der Waals surface area contributed by atoms with Crippen molar-refractivity contribution in [1.82, 2.24) is 14.5 Å². The largest absolute Gasteiger partial charge is 0.270 e. The van der Waals surface area contributed by atoms with E-state index in [4.69, 9.17) is 0 Å². The summed E-state index contributed by atoms with van der Waals surface area (Å²) >= 11 is 0. The molecule has 0 saturated heterocycles. The number of hydrogen-bond donors (Lipinski definition) is 1. The first-order valence-corrected chi connectivity index (χ1v) is 9.48. The highest BCUT2D eigenvalue weighted by atomic mass is 32.2. The van der Waals surface area contributed by atoms with Gasteiger partial charge in [0, 0.05) is 24.3 Å². The number of sulfonamides is 1. The molecule has 5 nitrogen and oxygen atoms in total. The van der Waals surface area contributed by atoms with E-state index >= 15 is 0 Å². The Kier molecular flexibility index (Phi) is 5.59. The van der Waals surface area contributed by atoms with Crippen molar-refractivity contribution < 1.29 is 8.42 Å². The van der Waals surface area contributed by atoms with Crippen LogP contribution in [0.1, 0.15) is 49.9 Å². The van der Waals surface area contributed by atoms with Crippen molar-refractivity contribution in [3.8, 4) is 0 Å². The minimum absolute atomic E-state index is 0.251. The summed E-state index contributed by atoms with van der Waals surface area (Å²) in [6, 6.07) is 7.13. The van der Waals surface area contributed by atoms with Gasteiger partial charge in [-0.1, -0.05) is 26.0 Å². The summed E-state index contributed by atoms with van der Waals surface area (Å²) in [5.41, 5.74) is 3.04. The molecule has 1 aromatic carbocycles. The van der Waals surface area contributed by atoms with Crippen LogP contribution in [-0.2, 0) is 23.1 Å². The maximum Gasteiger partial charge on any atom is 0.240 e. The number of nitrogens with zero attached hydrogens (tertiary/aromatic N) is 2. The van der Waals surface area contributed by atoms with Crippen molar-refractivity contribution in [2.75, 3.05) is 0 Å². The maximum absolute atomic E-state index is 12.4. The summed E-state index contributed by atoms with van der Waals surface area (Å²) in [5, 5.41) is 4.23. The Hall–Kier alpha value is -1.66. The second-order valence-electron chi connectivity index (χ2n) is 5.77. The highest BCUT2D eigenvalue weighted by Gasteiger charge is 2.15. The first-order valence-electron chi connectivity index (χ1n) is 8.00. The van der Waals surface area contributed by atoms with Crippen LogP contribution in [0.4, 0.5) is 0 Å². The topological polar surface area (TPSA) is 64.0 Å². The molecular weight excluding hydrogens is 310 g/mol. The molecule has 6 heteroatoms. The Bertz CT molecular complexity index is 749. The second kappa shape index (κ2) is 7.27. The van der Waals surface area contributed by atoms with Crippen LogP contribution in [0.3, 0.4) is 0 Å². The van der Waals surface area contributed by atoms with Gasteiger partial charge in [-0.15, -0.1) is 0 Å². The van der Waals surface area contributed by atoms with Crippen LogP contribution in [0.15, 0.2) is 35.4 Å². The highest BCUT2D eigenvalue weighted by Crippen LogP contribution is 2.20. The Morgan fingerprint density at radius 2 is 1.87 bits per heavy atom. The van der Waals surface area contributed by atoms with Crippen LogP contribution in [0.25, 0.3) is 0 Å². The van der Waals surface area contributed by atoms with Gasteiger partial charge in [0.2, 0.25) is 10.0 Å². The van der Waals surface area contributed by atoms with Gasteiger partial charge in [0.25, 0.3) is 0 Å². The number of aromatic nitrogens is 2. The molecule has 1 unspecified atom stereocenters. The van der Waals surface area contributed by atoms with Gasteiger partial charge in [-0.25, -0.2) is 13.1 Å². The molecule has 0 spiro atoms. The van der Waals surface area contributed by atoms with Crippen molar-refractivity contribution in [2.24, 2.45) is 0 Å². The van der Waals surface area contributed by atoms with E-state index in [1.807, 2.05) is 30.7 Å². The smallest absolute Gasteiger partial charge is 0.240 e. The van der Waals surface area contributed by atoms with E-state index in [1.54, 1.807) is 18.3 Å². The molecule has 0 bridgehead atoms. The average Bonchev–Trinajstić information content (AvgIpc) is 2.92. The standard InChI is InChI=1S/C17H25N3O2S/c1-5-13(3)15-7-9-17(10-8-15)23(21,22)19-12-16-11-18-20(6-2)14(16)4/h7-11,13,19H,5-6,12H2,1-4H3. The summed E-state index contributed by atoms with van der Waals surface area (Å²) in [6.45, 7) is 9.23. The molecule has 2 aromatic rings. The Balaban J connectivity index is 2.10. The van der Waals surface area contributed by atoms with Crippen LogP contribution in [-0.4, -0.2) is 18.2 Å². The Morgan fingerprint density at radius 3 is 2.39 bits per heavy atom. The van der Waals surface area contributed by atoms with Crippen LogP contribution >= 0.6 is 0 Å². The van der Waals surface area contributed by atoms with E-state index in [0.717, 1.165) is 29.8 Å². The molecule has 0 fully saturated rings. The lowest BCUT2D eigenvalue weighted by atomic mass is 9.99. The van der Waals surface area contributed by atoms with Crippen LogP contribution in [0, 0.1) is 6.92 Å². The van der Waals surface area contributed by atoms with E-state index in [1.165, 1.54) is 0 Å². The molecule has 0 radical (unpaired) electrons. The van der Waals surface area contributed by atoms with E-state index in [2.05, 4.69) is 23.7 Å². The lowest BCUT2D eigenvalue weighted by Crippen LogP contribution is -2.23. The van der Waals surface area contributed by atoms with Gasteiger partial charge in [0.15, 0.2) is 0 Å². The molecular formula is C17H25N3O2S. The third-order valence-corrected chi connectivity index (χ3v) is 5.75. The van der Waals surface area contributed by atoms with Crippen LogP contribution < -0.4 is 4.72 Å². The average molecular weight is 335 g/mol. The number of nitrogens with one attached hydrogen (secondary N) is 1. The highest BCUT2D eigenvalue weighted by molar-refractivity contribution is 7.89. The number of aryl methyl sites for hydroxylation is 1. The zero-order valence-corrected chi connectivity index (χ0v) is 15.0. The Labute approximate surface area is 138 Å². The summed E-state index contributed by atoms with van der Waals surface area (Å²) < 4.78 is 29.3. The molecule has 0 amide bonds. The summed E-state index contributed by atoms with van der Waals surface area (Å²) in [4.78, 5) is 0.296. The minimum Gasteiger partial charge on any atom is -0.270 e. The minimum atomic E-state index is -3.51. The quantitative estimate of drug-likeness (QED) is 0.845.